The first-order chi connectivity index (χ1) is 10.1. The van der Waals surface area contributed by atoms with Crippen LogP contribution in [0.2, 0.25) is 0 Å². The molecule has 3 nitrogen and oxygen atoms in total. The molecular formula is C17H28FN3. The van der Waals surface area contributed by atoms with Crippen LogP contribution in [0.15, 0.2) is 12.3 Å². The van der Waals surface area contributed by atoms with Gasteiger partial charge in [0.2, 0.25) is 0 Å². The number of nitrogens with zero attached hydrogens (tertiary/aromatic N) is 2. The number of hydrogen-bond donors (Lipinski definition) is 1. The van der Waals surface area contributed by atoms with Crippen molar-refractivity contribution in [2.45, 2.75) is 58.5 Å². The van der Waals surface area contributed by atoms with E-state index in [1.807, 2.05) is 0 Å². The van der Waals surface area contributed by atoms with Crippen LogP contribution in [0.4, 0.5) is 10.2 Å². The Labute approximate surface area is 127 Å². The van der Waals surface area contributed by atoms with E-state index < -0.39 is 0 Å². The van der Waals surface area contributed by atoms with Gasteiger partial charge in [0, 0.05) is 25.2 Å². The van der Waals surface area contributed by atoms with E-state index in [-0.39, 0.29) is 5.82 Å². The van der Waals surface area contributed by atoms with Gasteiger partial charge in [-0.2, -0.15) is 0 Å². The lowest BCUT2D eigenvalue weighted by Gasteiger charge is -2.35. The summed E-state index contributed by atoms with van der Waals surface area (Å²) >= 11 is 0. The second-order valence-electron chi connectivity index (χ2n) is 6.35. The molecular weight excluding hydrogens is 265 g/mol. The molecule has 1 aromatic rings. The van der Waals surface area contributed by atoms with E-state index in [0.717, 1.165) is 30.3 Å². The fourth-order valence-corrected chi connectivity index (χ4v) is 3.25. The molecule has 2 unspecified atom stereocenters. The van der Waals surface area contributed by atoms with Gasteiger partial charge in [-0.1, -0.05) is 26.7 Å². The van der Waals surface area contributed by atoms with E-state index in [1.54, 1.807) is 6.07 Å². The zero-order valence-corrected chi connectivity index (χ0v) is 13.5. The van der Waals surface area contributed by atoms with Crippen LogP contribution in [-0.2, 0) is 6.54 Å². The van der Waals surface area contributed by atoms with Gasteiger partial charge in [-0.05, 0) is 37.8 Å². The van der Waals surface area contributed by atoms with Crippen LogP contribution in [0.5, 0.6) is 0 Å². The molecule has 0 spiro atoms. The van der Waals surface area contributed by atoms with E-state index in [9.17, 15) is 4.39 Å². The third-order valence-electron chi connectivity index (χ3n) is 4.44. The Kier molecular flexibility index (Phi) is 5.97. The Morgan fingerprint density at radius 1 is 1.43 bits per heavy atom. The summed E-state index contributed by atoms with van der Waals surface area (Å²) in [6.45, 7) is 6.08. The van der Waals surface area contributed by atoms with Crippen LogP contribution >= 0.6 is 0 Å². The van der Waals surface area contributed by atoms with Gasteiger partial charge in [-0.3, -0.25) is 0 Å². The van der Waals surface area contributed by atoms with Gasteiger partial charge in [0.15, 0.2) is 0 Å². The van der Waals surface area contributed by atoms with Crippen molar-refractivity contribution in [3.05, 3.63) is 23.6 Å². The van der Waals surface area contributed by atoms with Crippen LogP contribution in [0, 0.1) is 11.7 Å². The largest absolute Gasteiger partial charge is 0.356 e. The van der Waals surface area contributed by atoms with E-state index in [4.69, 9.17) is 0 Å². The van der Waals surface area contributed by atoms with Gasteiger partial charge in [0.25, 0.3) is 0 Å². The van der Waals surface area contributed by atoms with E-state index in [1.165, 1.54) is 31.9 Å². The number of hydrogen-bond acceptors (Lipinski definition) is 3. The van der Waals surface area contributed by atoms with E-state index >= 15 is 0 Å². The summed E-state index contributed by atoms with van der Waals surface area (Å²) in [5.74, 6) is 1.45. The topological polar surface area (TPSA) is 28.2 Å². The summed E-state index contributed by atoms with van der Waals surface area (Å²) in [5.41, 5.74) is 0.962. The third kappa shape index (κ3) is 4.40. The normalized spacial score (nSPS) is 22.3. The molecule has 0 aromatic carbocycles. The average Bonchev–Trinajstić information content (AvgIpc) is 2.47. The molecule has 0 radical (unpaired) electrons. The number of pyridine rings is 1. The maximum atomic E-state index is 13.5. The van der Waals surface area contributed by atoms with Gasteiger partial charge in [0.1, 0.15) is 11.6 Å². The predicted octanol–water partition coefficient (Wildman–Crippen LogP) is 3.74. The molecule has 1 aliphatic rings. The van der Waals surface area contributed by atoms with Gasteiger partial charge < -0.3 is 10.2 Å². The highest BCUT2D eigenvalue weighted by molar-refractivity contribution is 5.47. The van der Waals surface area contributed by atoms with E-state index in [0.29, 0.717) is 12.6 Å². The number of anilines is 1. The average molecular weight is 293 g/mol. The highest BCUT2D eigenvalue weighted by Gasteiger charge is 2.24. The summed E-state index contributed by atoms with van der Waals surface area (Å²) in [6.07, 6.45) is 7.43. The maximum Gasteiger partial charge on any atom is 0.141 e. The molecule has 1 heterocycles. The number of rotatable bonds is 6. The fraction of sp³-hybridized carbons (Fsp3) is 0.706. The van der Waals surface area contributed by atoms with Crippen LogP contribution in [0.25, 0.3) is 0 Å². The third-order valence-corrected chi connectivity index (χ3v) is 4.44. The lowest BCUT2D eigenvalue weighted by molar-refractivity contribution is 0.335. The van der Waals surface area contributed by atoms with E-state index in [2.05, 4.69) is 36.1 Å². The first-order valence-corrected chi connectivity index (χ1v) is 8.19. The lowest BCUT2D eigenvalue weighted by atomic mass is 9.86. The van der Waals surface area contributed by atoms with Crippen molar-refractivity contribution in [3.63, 3.8) is 0 Å². The summed E-state index contributed by atoms with van der Waals surface area (Å²) in [4.78, 5) is 6.63. The van der Waals surface area contributed by atoms with Crippen LogP contribution in [0.3, 0.4) is 0 Å². The number of halogens is 1. The van der Waals surface area contributed by atoms with Crippen molar-refractivity contribution in [2.24, 2.45) is 5.92 Å². The van der Waals surface area contributed by atoms with Gasteiger partial charge >= 0.3 is 0 Å². The summed E-state index contributed by atoms with van der Waals surface area (Å²) in [6, 6.07) is 2.14. The minimum absolute atomic E-state index is 0.252. The van der Waals surface area contributed by atoms with Crippen LogP contribution < -0.4 is 10.2 Å². The molecule has 1 fully saturated rings. The fourth-order valence-electron chi connectivity index (χ4n) is 3.25. The van der Waals surface area contributed by atoms with Gasteiger partial charge in [-0.25, -0.2) is 9.37 Å². The Hall–Kier alpha value is -1.16. The Morgan fingerprint density at radius 2 is 2.24 bits per heavy atom. The molecule has 4 heteroatoms. The SMILES string of the molecule is CCCNCc1cc(F)cnc1N(C)C1CCCC(C)C1. The predicted molar refractivity (Wildman–Crippen MR) is 86.0 cm³/mol. The zero-order chi connectivity index (χ0) is 15.2. The van der Waals surface area contributed by atoms with Gasteiger partial charge in [-0.15, -0.1) is 0 Å². The second-order valence-corrected chi connectivity index (χ2v) is 6.35. The molecule has 1 saturated carbocycles. The Morgan fingerprint density at radius 3 is 2.95 bits per heavy atom. The first kappa shape index (κ1) is 16.2. The molecule has 2 atom stereocenters. The molecule has 0 amide bonds. The molecule has 1 aromatic heterocycles. The standard InChI is InChI=1S/C17H28FN3/c1-4-8-19-11-14-10-15(18)12-20-17(14)21(3)16-7-5-6-13(2)9-16/h10,12-13,16,19H,4-9,11H2,1-3H3. The highest BCUT2D eigenvalue weighted by atomic mass is 19.1. The molecule has 1 N–H and O–H groups in total. The molecule has 2 rings (SSSR count). The smallest absolute Gasteiger partial charge is 0.141 e. The Bertz CT molecular complexity index is 450. The molecule has 0 aliphatic heterocycles. The molecule has 0 saturated heterocycles. The van der Waals surface area contributed by atoms with Crippen molar-refractivity contribution < 1.29 is 4.39 Å². The molecule has 0 bridgehead atoms. The van der Waals surface area contributed by atoms with Crippen molar-refractivity contribution >= 4 is 5.82 Å². The quantitative estimate of drug-likeness (QED) is 0.810. The van der Waals surface area contributed by atoms with Crippen LogP contribution in [-0.4, -0.2) is 24.6 Å². The van der Waals surface area contributed by atoms with Crippen molar-refractivity contribution in [3.8, 4) is 0 Å². The molecule has 1 aliphatic carbocycles. The number of nitrogens with one attached hydrogen (secondary N) is 1. The van der Waals surface area contributed by atoms with Gasteiger partial charge in [0.05, 0.1) is 6.20 Å². The van der Waals surface area contributed by atoms with Crippen molar-refractivity contribution in [1.82, 2.24) is 10.3 Å². The summed E-state index contributed by atoms with van der Waals surface area (Å²) < 4.78 is 13.5. The minimum Gasteiger partial charge on any atom is -0.356 e. The zero-order valence-electron chi connectivity index (χ0n) is 13.5. The molecule has 118 valence electrons. The minimum atomic E-state index is -0.252. The van der Waals surface area contributed by atoms with Crippen molar-refractivity contribution in [2.75, 3.05) is 18.5 Å². The Balaban J connectivity index is 2.12. The van der Waals surface area contributed by atoms with Crippen LogP contribution in [0.1, 0.15) is 51.5 Å². The van der Waals surface area contributed by atoms with Crippen molar-refractivity contribution in [1.29, 1.82) is 0 Å². The first-order valence-electron chi connectivity index (χ1n) is 8.19. The maximum absolute atomic E-state index is 13.5. The second kappa shape index (κ2) is 7.74. The lowest BCUT2D eigenvalue weighted by Crippen LogP contribution is -2.37. The molecule has 21 heavy (non-hydrogen) atoms. The summed E-state index contributed by atoms with van der Waals surface area (Å²) in [7, 11) is 2.10. The highest BCUT2D eigenvalue weighted by Crippen LogP contribution is 2.30. The summed E-state index contributed by atoms with van der Waals surface area (Å²) in [5, 5.41) is 3.35. The monoisotopic (exact) mass is 293 g/mol. The number of aromatic nitrogens is 1.